The van der Waals surface area contributed by atoms with Crippen LogP contribution in [0, 0.1) is 13.8 Å². The first-order valence-corrected chi connectivity index (χ1v) is 6.48. The summed E-state index contributed by atoms with van der Waals surface area (Å²) in [5.74, 6) is 0. The number of nitrogens with one attached hydrogen (secondary N) is 2. The van der Waals surface area contributed by atoms with E-state index in [9.17, 15) is 0 Å². The van der Waals surface area contributed by atoms with Crippen LogP contribution in [-0.2, 0) is 0 Å². The van der Waals surface area contributed by atoms with E-state index in [-0.39, 0.29) is 0 Å². The van der Waals surface area contributed by atoms with Crippen molar-refractivity contribution in [3.63, 3.8) is 0 Å². The molecular weight excluding hydrogens is 232 g/mol. The molecule has 0 bridgehead atoms. The van der Waals surface area contributed by atoms with E-state index in [4.69, 9.17) is 0 Å². The number of fused-ring (bicyclic) bond motifs is 1. The molecule has 94 valence electrons. The largest absolute Gasteiger partial charge is 0.355 e. The van der Waals surface area contributed by atoms with E-state index in [1.165, 1.54) is 10.9 Å². The lowest BCUT2D eigenvalue weighted by molar-refractivity contribution is -0.354. The van der Waals surface area contributed by atoms with Gasteiger partial charge in [0, 0.05) is 24.7 Å². The summed E-state index contributed by atoms with van der Waals surface area (Å²) < 4.78 is 0. The van der Waals surface area contributed by atoms with Crippen molar-refractivity contribution in [2.24, 2.45) is 0 Å². The first-order chi connectivity index (χ1) is 9.22. The minimum absolute atomic E-state index is 1.11. The monoisotopic (exact) mass is 249 g/mol. The van der Waals surface area contributed by atoms with E-state index < -0.39 is 0 Å². The Kier molecular flexibility index (Phi) is 2.92. The predicted octanol–water partition coefficient (Wildman–Crippen LogP) is 4.01. The molecule has 0 atom stereocenters. The van der Waals surface area contributed by atoms with Crippen LogP contribution in [0.25, 0.3) is 10.9 Å². The summed E-state index contributed by atoms with van der Waals surface area (Å²) in [7, 11) is 0. The fourth-order valence-corrected chi connectivity index (χ4v) is 2.31. The number of hydrogen-bond donors (Lipinski definition) is 1. The zero-order chi connectivity index (χ0) is 13.2. The molecule has 0 fully saturated rings. The van der Waals surface area contributed by atoms with E-state index >= 15 is 0 Å². The van der Waals surface area contributed by atoms with Crippen molar-refractivity contribution in [3.8, 4) is 0 Å². The van der Waals surface area contributed by atoms with Crippen LogP contribution in [0.5, 0.6) is 0 Å². The van der Waals surface area contributed by atoms with Gasteiger partial charge in [0.2, 0.25) is 5.52 Å². The van der Waals surface area contributed by atoms with E-state index in [0.29, 0.717) is 0 Å². The maximum absolute atomic E-state index is 3.49. The molecule has 3 aromatic rings. The summed E-state index contributed by atoms with van der Waals surface area (Å²) in [6.45, 7) is 4.20. The van der Waals surface area contributed by atoms with Crippen molar-refractivity contribution in [2.75, 3.05) is 5.32 Å². The predicted molar refractivity (Wildman–Crippen MR) is 79.7 cm³/mol. The van der Waals surface area contributed by atoms with Gasteiger partial charge in [-0.3, -0.25) is 0 Å². The molecule has 0 saturated heterocycles. The number of para-hydroxylation sites is 1. The van der Waals surface area contributed by atoms with E-state index in [1.807, 2.05) is 18.2 Å². The summed E-state index contributed by atoms with van der Waals surface area (Å²) in [6, 6.07) is 18.9. The average molecular weight is 249 g/mol. The highest BCUT2D eigenvalue weighted by Crippen LogP contribution is 2.25. The summed E-state index contributed by atoms with van der Waals surface area (Å²) in [4.78, 5) is 3.40. The quantitative estimate of drug-likeness (QED) is 0.729. The number of pyridine rings is 1. The highest BCUT2D eigenvalue weighted by Gasteiger charge is 2.09. The highest BCUT2D eigenvalue weighted by molar-refractivity contribution is 5.91. The number of aryl methyl sites for hydroxylation is 2. The molecule has 2 heteroatoms. The Morgan fingerprint density at radius 3 is 2.47 bits per heavy atom. The molecule has 0 amide bonds. The van der Waals surface area contributed by atoms with Crippen LogP contribution in [0.15, 0.2) is 54.6 Å². The van der Waals surface area contributed by atoms with Gasteiger partial charge < -0.3 is 5.32 Å². The van der Waals surface area contributed by atoms with Crippen LogP contribution >= 0.6 is 0 Å². The molecule has 0 saturated carbocycles. The highest BCUT2D eigenvalue weighted by atomic mass is 14.9. The molecule has 1 heterocycles. The lowest BCUT2D eigenvalue weighted by atomic mass is 10.1. The first kappa shape index (κ1) is 11.7. The molecule has 0 aliphatic rings. The Bertz CT molecular complexity index is 718. The van der Waals surface area contributed by atoms with Crippen molar-refractivity contribution in [1.82, 2.24) is 0 Å². The van der Waals surface area contributed by atoms with Crippen molar-refractivity contribution < 1.29 is 4.98 Å². The average Bonchev–Trinajstić information content (AvgIpc) is 2.41. The molecule has 0 spiro atoms. The van der Waals surface area contributed by atoms with Gasteiger partial charge in [-0.25, -0.2) is 4.98 Å². The lowest BCUT2D eigenvalue weighted by Crippen LogP contribution is -2.10. The zero-order valence-corrected chi connectivity index (χ0v) is 11.2. The van der Waals surface area contributed by atoms with Crippen molar-refractivity contribution in [2.45, 2.75) is 13.8 Å². The van der Waals surface area contributed by atoms with Crippen molar-refractivity contribution in [3.05, 3.63) is 65.9 Å². The Balaban J connectivity index is 2.14. The zero-order valence-electron chi connectivity index (χ0n) is 11.2. The lowest BCUT2D eigenvalue weighted by Gasteiger charge is -2.08. The summed E-state index contributed by atoms with van der Waals surface area (Å²) in [5, 5.41) is 4.71. The number of anilines is 2. The first-order valence-electron chi connectivity index (χ1n) is 6.48. The van der Waals surface area contributed by atoms with Gasteiger partial charge in [0.05, 0.1) is 11.1 Å². The van der Waals surface area contributed by atoms with Crippen LogP contribution < -0.4 is 10.3 Å². The van der Waals surface area contributed by atoms with Gasteiger partial charge in [0.15, 0.2) is 5.69 Å². The molecule has 1 aromatic heterocycles. The fourth-order valence-electron chi connectivity index (χ4n) is 2.31. The van der Waals surface area contributed by atoms with Crippen LogP contribution in [0.2, 0.25) is 0 Å². The normalized spacial score (nSPS) is 10.6. The Morgan fingerprint density at radius 2 is 1.68 bits per heavy atom. The molecule has 3 rings (SSSR count). The number of rotatable bonds is 2. The van der Waals surface area contributed by atoms with E-state index in [2.05, 4.69) is 60.5 Å². The Morgan fingerprint density at radius 1 is 0.895 bits per heavy atom. The maximum Gasteiger partial charge on any atom is 0.213 e. The van der Waals surface area contributed by atoms with E-state index in [0.717, 1.165) is 22.6 Å². The summed E-state index contributed by atoms with van der Waals surface area (Å²) in [6.07, 6.45) is 0. The topological polar surface area (TPSA) is 26.2 Å². The van der Waals surface area contributed by atoms with Crippen molar-refractivity contribution >= 4 is 22.3 Å². The van der Waals surface area contributed by atoms with Crippen LogP contribution in [-0.4, -0.2) is 0 Å². The number of H-pyrrole nitrogens is 1. The second-order valence-electron chi connectivity index (χ2n) is 4.91. The summed E-state index contributed by atoms with van der Waals surface area (Å²) in [5.41, 5.74) is 5.82. The standard InChI is InChI=1S/C17H16N2/c1-12-8-9-16-15(10-12)17(11-13(2)18-16)19-14-6-4-3-5-7-14/h3-11H,1-2H3,(H,18,19)/p+1. The SMILES string of the molecule is Cc1ccc2[nH+]c(C)cc(Nc3ccccc3)c2c1. The Hall–Kier alpha value is -2.35. The third kappa shape index (κ3) is 2.43. The van der Waals surface area contributed by atoms with Gasteiger partial charge in [0.25, 0.3) is 0 Å². The van der Waals surface area contributed by atoms with Gasteiger partial charge in [-0.2, -0.15) is 0 Å². The number of aromatic amines is 1. The molecule has 0 radical (unpaired) electrons. The number of benzene rings is 2. The summed E-state index contributed by atoms with van der Waals surface area (Å²) >= 11 is 0. The molecule has 2 aromatic carbocycles. The second kappa shape index (κ2) is 4.73. The minimum Gasteiger partial charge on any atom is -0.355 e. The molecule has 0 aliphatic heterocycles. The second-order valence-corrected chi connectivity index (χ2v) is 4.91. The van der Waals surface area contributed by atoms with Gasteiger partial charge in [0.1, 0.15) is 0 Å². The molecule has 2 N–H and O–H groups in total. The molecule has 2 nitrogen and oxygen atoms in total. The van der Waals surface area contributed by atoms with Gasteiger partial charge in [-0.15, -0.1) is 0 Å². The smallest absolute Gasteiger partial charge is 0.213 e. The number of hydrogen-bond acceptors (Lipinski definition) is 1. The number of aromatic nitrogens is 1. The fraction of sp³-hybridized carbons (Fsp3) is 0.118. The minimum atomic E-state index is 1.11. The van der Waals surface area contributed by atoms with Gasteiger partial charge in [-0.1, -0.05) is 24.3 Å². The molecule has 0 unspecified atom stereocenters. The third-order valence-electron chi connectivity index (χ3n) is 3.21. The maximum atomic E-state index is 3.49. The van der Waals surface area contributed by atoms with Gasteiger partial charge >= 0.3 is 0 Å². The van der Waals surface area contributed by atoms with Crippen LogP contribution in [0.1, 0.15) is 11.3 Å². The van der Waals surface area contributed by atoms with Crippen LogP contribution in [0.3, 0.4) is 0 Å². The van der Waals surface area contributed by atoms with Crippen molar-refractivity contribution in [1.29, 1.82) is 0 Å². The Labute approximate surface area is 113 Å². The van der Waals surface area contributed by atoms with Gasteiger partial charge in [-0.05, 0) is 30.7 Å². The molecule has 19 heavy (non-hydrogen) atoms. The van der Waals surface area contributed by atoms with Crippen LogP contribution in [0.4, 0.5) is 11.4 Å². The molecular formula is C17H17N2+. The van der Waals surface area contributed by atoms with E-state index in [1.54, 1.807) is 0 Å². The molecule has 0 aliphatic carbocycles. The third-order valence-corrected chi connectivity index (χ3v) is 3.21.